The number of hydrogen-bond donors (Lipinski definition) is 1. The van der Waals surface area contributed by atoms with Crippen molar-refractivity contribution in [2.24, 2.45) is 5.92 Å². The lowest BCUT2D eigenvalue weighted by molar-refractivity contribution is -0.120. The second-order valence-corrected chi connectivity index (χ2v) is 11.7. The molecule has 1 aliphatic heterocycles. The van der Waals surface area contributed by atoms with Crippen LogP contribution in [0, 0.1) is 5.92 Å². The highest BCUT2D eigenvalue weighted by Crippen LogP contribution is 2.26. The van der Waals surface area contributed by atoms with Gasteiger partial charge in [0, 0.05) is 23.8 Å². The molecule has 36 heavy (non-hydrogen) atoms. The number of nitrogens with one attached hydrogen (secondary N) is 1. The van der Waals surface area contributed by atoms with E-state index in [2.05, 4.69) is 29.3 Å². The summed E-state index contributed by atoms with van der Waals surface area (Å²) in [6.07, 6.45) is 2.40. The third-order valence-corrected chi connectivity index (χ3v) is 8.69. The summed E-state index contributed by atoms with van der Waals surface area (Å²) in [6.45, 7) is 5.96. The summed E-state index contributed by atoms with van der Waals surface area (Å²) in [5.41, 5.74) is 2.51. The maximum Gasteiger partial charge on any atom is 0.264 e. The van der Waals surface area contributed by atoms with Crippen molar-refractivity contribution in [1.29, 1.82) is 0 Å². The lowest BCUT2D eigenvalue weighted by Crippen LogP contribution is -2.41. The summed E-state index contributed by atoms with van der Waals surface area (Å²) in [6, 6.07) is 22.5. The second kappa shape index (κ2) is 11.4. The molecular weight excluding hydrogens is 494 g/mol. The number of anilines is 2. The highest BCUT2D eigenvalue weighted by molar-refractivity contribution is 7.92. The number of benzene rings is 3. The van der Waals surface area contributed by atoms with Gasteiger partial charge in [-0.25, -0.2) is 8.42 Å². The molecule has 1 fully saturated rings. The van der Waals surface area contributed by atoms with Crippen molar-refractivity contribution in [3.63, 3.8) is 0 Å². The van der Waals surface area contributed by atoms with Gasteiger partial charge in [-0.05, 0) is 79.8 Å². The Morgan fingerprint density at radius 3 is 2.22 bits per heavy atom. The Bertz CT molecular complexity index is 1260. The summed E-state index contributed by atoms with van der Waals surface area (Å²) >= 11 is 6.01. The predicted octanol–water partition coefficient (Wildman–Crippen LogP) is 5.65. The van der Waals surface area contributed by atoms with Crippen LogP contribution in [0.5, 0.6) is 0 Å². The Balaban J connectivity index is 1.47. The van der Waals surface area contributed by atoms with Crippen LogP contribution in [0.25, 0.3) is 0 Å². The number of sulfonamides is 1. The largest absolute Gasteiger partial charge is 0.372 e. The molecule has 1 N–H and O–H groups in total. The number of piperidine rings is 1. The van der Waals surface area contributed by atoms with Gasteiger partial charge >= 0.3 is 0 Å². The molecule has 1 aliphatic rings. The van der Waals surface area contributed by atoms with Crippen molar-refractivity contribution in [2.75, 3.05) is 28.8 Å². The minimum Gasteiger partial charge on any atom is -0.372 e. The van der Waals surface area contributed by atoms with Gasteiger partial charge in [-0.3, -0.25) is 9.10 Å². The third-order valence-electron chi connectivity index (χ3n) is 6.65. The van der Waals surface area contributed by atoms with Gasteiger partial charge in [0.15, 0.2) is 0 Å². The minimum atomic E-state index is -3.96. The molecule has 4 rings (SSSR count). The van der Waals surface area contributed by atoms with Crippen LogP contribution >= 0.6 is 11.6 Å². The number of carbonyl (C=O) groups is 1. The van der Waals surface area contributed by atoms with Crippen molar-refractivity contribution < 1.29 is 13.2 Å². The first kappa shape index (κ1) is 26.0. The van der Waals surface area contributed by atoms with Gasteiger partial charge in [0.2, 0.25) is 5.91 Å². The Morgan fingerprint density at radius 2 is 1.61 bits per heavy atom. The van der Waals surface area contributed by atoms with Crippen LogP contribution in [0.3, 0.4) is 0 Å². The van der Waals surface area contributed by atoms with E-state index in [0.717, 1.165) is 28.9 Å². The van der Waals surface area contributed by atoms with Crippen LogP contribution in [0.2, 0.25) is 5.02 Å². The summed E-state index contributed by atoms with van der Waals surface area (Å²) in [5.74, 6) is 0.375. The molecule has 3 aromatic carbocycles. The molecule has 6 nitrogen and oxygen atoms in total. The zero-order valence-electron chi connectivity index (χ0n) is 20.6. The lowest BCUT2D eigenvalue weighted by Gasteiger charge is -2.32. The fraction of sp³-hybridized carbons (Fsp3) is 0.321. The fourth-order valence-electron chi connectivity index (χ4n) is 4.38. The van der Waals surface area contributed by atoms with Gasteiger partial charge in [0.1, 0.15) is 6.54 Å². The minimum absolute atomic E-state index is 0.114. The van der Waals surface area contributed by atoms with Gasteiger partial charge in [-0.1, -0.05) is 48.9 Å². The topological polar surface area (TPSA) is 69.7 Å². The van der Waals surface area contributed by atoms with Crippen LogP contribution < -0.4 is 14.5 Å². The summed E-state index contributed by atoms with van der Waals surface area (Å²) < 4.78 is 28.0. The number of amides is 1. The zero-order chi connectivity index (χ0) is 25.7. The Kier molecular flexibility index (Phi) is 8.21. The highest BCUT2D eigenvalue weighted by Gasteiger charge is 2.27. The van der Waals surface area contributed by atoms with E-state index in [1.54, 1.807) is 42.5 Å². The first-order valence-corrected chi connectivity index (χ1v) is 14.0. The second-order valence-electron chi connectivity index (χ2n) is 9.35. The molecule has 190 valence electrons. The van der Waals surface area contributed by atoms with E-state index < -0.39 is 15.9 Å². The van der Waals surface area contributed by atoms with Gasteiger partial charge in [-0.15, -0.1) is 0 Å². The monoisotopic (exact) mass is 525 g/mol. The summed E-state index contributed by atoms with van der Waals surface area (Å²) in [5, 5.41) is 3.43. The third kappa shape index (κ3) is 6.20. The molecule has 0 aromatic heterocycles. The molecule has 0 spiro atoms. The van der Waals surface area contributed by atoms with E-state index in [-0.39, 0.29) is 17.5 Å². The lowest BCUT2D eigenvalue weighted by atomic mass is 9.98. The van der Waals surface area contributed by atoms with E-state index >= 15 is 0 Å². The van der Waals surface area contributed by atoms with E-state index in [9.17, 15) is 13.2 Å². The van der Waals surface area contributed by atoms with E-state index in [1.807, 2.05) is 19.1 Å². The van der Waals surface area contributed by atoms with Crippen LogP contribution in [0.4, 0.5) is 11.4 Å². The summed E-state index contributed by atoms with van der Waals surface area (Å²) in [4.78, 5) is 15.6. The van der Waals surface area contributed by atoms with E-state index in [1.165, 1.54) is 30.7 Å². The summed E-state index contributed by atoms with van der Waals surface area (Å²) in [7, 11) is -3.96. The first-order valence-electron chi connectivity index (χ1n) is 12.2. The van der Waals surface area contributed by atoms with Gasteiger partial charge < -0.3 is 10.2 Å². The maximum absolute atomic E-state index is 13.4. The number of nitrogens with zero attached hydrogens (tertiary/aromatic N) is 2. The molecule has 8 heteroatoms. The molecule has 1 heterocycles. The molecule has 1 saturated heterocycles. The van der Waals surface area contributed by atoms with Gasteiger partial charge in [0.05, 0.1) is 16.6 Å². The number of rotatable bonds is 8. The Hall–Kier alpha value is -3.03. The normalized spacial score (nSPS) is 15.4. The molecule has 1 unspecified atom stereocenters. The fourth-order valence-corrected chi connectivity index (χ4v) is 5.95. The molecule has 0 radical (unpaired) electrons. The quantitative estimate of drug-likeness (QED) is 0.412. The van der Waals surface area contributed by atoms with E-state index in [4.69, 9.17) is 11.6 Å². The SMILES string of the molecule is CC1CCN(c2ccc(C(C)NC(=O)CN(c3ccc(Cl)cc3)S(=O)(=O)c3ccccc3)cc2)CC1. The highest BCUT2D eigenvalue weighted by atomic mass is 35.5. The van der Waals surface area contributed by atoms with Gasteiger partial charge in [0.25, 0.3) is 10.0 Å². The van der Waals surface area contributed by atoms with Crippen LogP contribution in [0.15, 0.2) is 83.8 Å². The smallest absolute Gasteiger partial charge is 0.264 e. The number of halogens is 1. The molecule has 0 aliphatic carbocycles. The average molecular weight is 526 g/mol. The van der Waals surface area contributed by atoms with Gasteiger partial charge in [-0.2, -0.15) is 0 Å². The molecule has 1 atom stereocenters. The average Bonchev–Trinajstić information content (AvgIpc) is 2.89. The molecule has 0 bridgehead atoms. The molecular formula is C28H32ClN3O3S. The van der Waals surface area contributed by atoms with Crippen LogP contribution in [-0.2, 0) is 14.8 Å². The van der Waals surface area contributed by atoms with Crippen molar-refractivity contribution in [3.05, 3.63) is 89.4 Å². The Labute approximate surface area is 218 Å². The zero-order valence-corrected chi connectivity index (χ0v) is 22.2. The number of carbonyl (C=O) groups excluding carboxylic acids is 1. The van der Waals surface area contributed by atoms with Crippen molar-refractivity contribution >= 4 is 38.9 Å². The van der Waals surface area contributed by atoms with Crippen LogP contribution in [0.1, 0.15) is 38.3 Å². The van der Waals surface area contributed by atoms with Crippen LogP contribution in [-0.4, -0.2) is 34.0 Å². The Morgan fingerprint density at radius 1 is 1.00 bits per heavy atom. The molecule has 3 aromatic rings. The molecule has 1 amide bonds. The maximum atomic E-state index is 13.4. The first-order chi connectivity index (χ1) is 17.2. The number of hydrogen-bond acceptors (Lipinski definition) is 4. The standard InChI is InChI=1S/C28H32ClN3O3S/c1-21-16-18-31(19-17-21)25-12-8-23(9-13-25)22(2)30-28(33)20-32(26-14-10-24(29)11-15-26)36(34,35)27-6-4-3-5-7-27/h3-15,21-22H,16-20H2,1-2H3,(H,30,33). The van der Waals surface area contributed by atoms with E-state index in [0.29, 0.717) is 10.7 Å². The van der Waals surface area contributed by atoms with Crippen molar-refractivity contribution in [2.45, 2.75) is 37.6 Å². The van der Waals surface area contributed by atoms with Crippen molar-refractivity contribution in [1.82, 2.24) is 5.32 Å². The molecule has 0 saturated carbocycles. The van der Waals surface area contributed by atoms with Crippen molar-refractivity contribution in [3.8, 4) is 0 Å². The predicted molar refractivity (Wildman–Crippen MR) is 146 cm³/mol.